The van der Waals surface area contributed by atoms with Gasteiger partial charge < -0.3 is 15.6 Å². The lowest BCUT2D eigenvalue weighted by molar-refractivity contribution is 0.184. The molecule has 0 bridgehead atoms. The van der Waals surface area contributed by atoms with E-state index in [0.717, 1.165) is 5.56 Å². The Hall–Kier alpha value is -1.13. The predicted octanol–water partition coefficient (Wildman–Crippen LogP) is 1.70. The van der Waals surface area contributed by atoms with Crippen LogP contribution in [-0.2, 0) is 6.42 Å². The van der Waals surface area contributed by atoms with Crippen molar-refractivity contribution in [2.24, 2.45) is 5.73 Å². The Labute approximate surface area is 95.0 Å². The van der Waals surface area contributed by atoms with Gasteiger partial charge in [0, 0.05) is 17.7 Å². The summed E-state index contributed by atoms with van der Waals surface area (Å²) in [6.45, 7) is 3.66. The highest BCUT2D eigenvalue weighted by molar-refractivity contribution is 5.47. The molecule has 0 aliphatic heterocycles. The molecule has 0 amide bonds. The first kappa shape index (κ1) is 12.9. The number of ether oxygens (including phenoxy) is 1. The number of aliphatic hydroxyl groups excluding tert-OH is 1. The van der Waals surface area contributed by atoms with E-state index in [4.69, 9.17) is 10.5 Å². The minimum Gasteiger partial charge on any atom is -0.496 e. The van der Waals surface area contributed by atoms with Crippen molar-refractivity contribution in [1.82, 2.24) is 0 Å². The fourth-order valence-electron chi connectivity index (χ4n) is 1.86. The second kappa shape index (κ2) is 5.27. The summed E-state index contributed by atoms with van der Waals surface area (Å²) in [5, 5.41) is 9.73. The highest BCUT2D eigenvalue weighted by Gasteiger charge is 2.19. The van der Waals surface area contributed by atoms with Gasteiger partial charge in [-0.1, -0.05) is 6.92 Å². The summed E-state index contributed by atoms with van der Waals surface area (Å²) in [6, 6.07) is 1.34. The Kier molecular flexibility index (Phi) is 4.26. The number of halogens is 1. The van der Waals surface area contributed by atoms with Gasteiger partial charge in [0.05, 0.1) is 13.2 Å². The van der Waals surface area contributed by atoms with Crippen LogP contribution >= 0.6 is 0 Å². The zero-order valence-electron chi connectivity index (χ0n) is 9.88. The molecule has 4 heteroatoms. The molecule has 3 N–H and O–H groups in total. The SMILES string of the molecule is CCc1c(C(O)CN)cc(F)c(C)c1OC. The van der Waals surface area contributed by atoms with E-state index in [-0.39, 0.29) is 12.4 Å². The van der Waals surface area contributed by atoms with E-state index < -0.39 is 6.10 Å². The molecule has 1 rings (SSSR count). The molecule has 1 atom stereocenters. The Bertz CT molecular complexity index is 380. The van der Waals surface area contributed by atoms with Crippen LogP contribution < -0.4 is 10.5 Å². The van der Waals surface area contributed by atoms with Crippen molar-refractivity contribution in [3.05, 3.63) is 28.6 Å². The van der Waals surface area contributed by atoms with Crippen molar-refractivity contribution in [3.63, 3.8) is 0 Å². The number of hydrogen-bond donors (Lipinski definition) is 2. The van der Waals surface area contributed by atoms with Gasteiger partial charge in [-0.05, 0) is 25.0 Å². The van der Waals surface area contributed by atoms with Crippen LogP contribution in [-0.4, -0.2) is 18.8 Å². The maximum atomic E-state index is 13.6. The Morgan fingerprint density at radius 1 is 1.56 bits per heavy atom. The molecule has 0 aliphatic rings. The van der Waals surface area contributed by atoms with Crippen LogP contribution in [0, 0.1) is 12.7 Å². The summed E-state index contributed by atoms with van der Waals surface area (Å²) in [5.74, 6) is 0.126. The number of aliphatic hydroxyl groups is 1. The van der Waals surface area contributed by atoms with Gasteiger partial charge in [0.1, 0.15) is 11.6 Å². The molecule has 16 heavy (non-hydrogen) atoms. The average molecular weight is 227 g/mol. The molecule has 0 radical (unpaired) electrons. The molecule has 1 aromatic rings. The van der Waals surface area contributed by atoms with E-state index in [0.29, 0.717) is 23.3 Å². The quantitative estimate of drug-likeness (QED) is 0.823. The number of methoxy groups -OCH3 is 1. The first-order valence-electron chi connectivity index (χ1n) is 5.30. The van der Waals surface area contributed by atoms with Gasteiger partial charge in [0.2, 0.25) is 0 Å². The monoisotopic (exact) mass is 227 g/mol. The molecule has 0 fully saturated rings. The zero-order valence-corrected chi connectivity index (χ0v) is 9.88. The minimum atomic E-state index is -0.848. The molecular weight excluding hydrogens is 209 g/mol. The van der Waals surface area contributed by atoms with Crippen LogP contribution in [0.5, 0.6) is 5.75 Å². The third-order valence-corrected chi connectivity index (χ3v) is 2.74. The fourth-order valence-corrected chi connectivity index (χ4v) is 1.86. The summed E-state index contributed by atoms with van der Waals surface area (Å²) in [6.07, 6.45) is -0.185. The van der Waals surface area contributed by atoms with Gasteiger partial charge in [-0.25, -0.2) is 4.39 Å². The van der Waals surface area contributed by atoms with Crippen LogP contribution in [0.1, 0.15) is 29.7 Å². The Morgan fingerprint density at radius 2 is 2.19 bits per heavy atom. The molecule has 3 nitrogen and oxygen atoms in total. The maximum absolute atomic E-state index is 13.6. The largest absolute Gasteiger partial charge is 0.496 e. The normalized spacial score (nSPS) is 12.6. The number of nitrogens with two attached hydrogens (primary N) is 1. The van der Waals surface area contributed by atoms with Crippen LogP contribution in [0.2, 0.25) is 0 Å². The lowest BCUT2D eigenvalue weighted by Gasteiger charge is -2.18. The van der Waals surface area contributed by atoms with Crippen molar-refractivity contribution in [2.45, 2.75) is 26.4 Å². The smallest absolute Gasteiger partial charge is 0.130 e. The van der Waals surface area contributed by atoms with E-state index >= 15 is 0 Å². The van der Waals surface area contributed by atoms with Crippen LogP contribution in [0.4, 0.5) is 4.39 Å². The molecule has 0 spiro atoms. The first-order chi connectivity index (χ1) is 7.56. The molecule has 0 aromatic heterocycles. The van der Waals surface area contributed by atoms with E-state index in [1.807, 2.05) is 6.92 Å². The van der Waals surface area contributed by atoms with Crippen molar-refractivity contribution in [3.8, 4) is 5.75 Å². The molecule has 1 aromatic carbocycles. The lowest BCUT2D eigenvalue weighted by Crippen LogP contribution is -2.15. The highest BCUT2D eigenvalue weighted by atomic mass is 19.1. The maximum Gasteiger partial charge on any atom is 0.130 e. The third-order valence-electron chi connectivity index (χ3n) is 2.74. The Balaban J connectivity index is 3.43. The summed E-state index contributed by atoms with van der Waals surface area (Å²) in [4.78, 5) is 0. The van der Waals surface area contributed by atoms with Gasteiger partial charge in [-0.2, -0.15) is 0 Å². The van der Waals surface area contributed by atoms with Gasteiger partial charge in [-0.15, -0.1) is 0 Å². The van der Waals surface area contributed by atoms with Gasteiger partial charge in [-0.3, -0.25) is 0 Å². The highest BCUT2D eigenvalue weighted by Crippen LogP contribution is 2.32. The van der Waals surface area contributed by atoms with Crippen molar-refractivity contribution < 1.29 is 14.2 Å². The van der Waals surface area contributed by atoms with Crippen molar-refractivity contribution in [1.29, 1.82) is 0 Å². The summed E-state index contributed by atoms with van der Waals surface area (Å²) in [5.41, 5.74) is 7.20. The first-order valence-corrected chi connectivity index (χ1v) is 5.30. The molecule has 1 unspecified atom stereocenters. The summed E-state index contributed by atoms with van der Waals surface area (Å²) in [7, 11) is 1.50. The zero-order chi connectivity index (χ0) is 12.3. The fraction of sp³-hybridized carbons (Fsp3) is 0.500. The third kappa shape index (κ3) is 2.18. The van der Waals surface area contributed by atoms with Crippen LogP contribution in [0.15, 0.2) is 6.07 Å². The molecule has 0 heterocycles. The van der Waals surface area contributed by atoms with Crippen molar-refractivity contribution in [2.75, 3.05) is 13.7 Å². The van der Waals surface area contributed by atoms with E-state index in [2.05, 4.69) is 0 Å². The summed E-state index contributed by atoms with van der Waals surface area (Å²) >= 11 is 0. The number of rotatable bonds is 4. The van der Waals surface area contributed by atoms with E-state index in [1.165, 1.54) is 13.2 Å². The average Bonchev–Trinajstić information content (AvgIpc) is 2.30. The summed E-state index contributed by atoms with van der Waals surface area (Å²) < 4.78 is 18.8. The van der Waals surface area contributed by atoms with Crippen LogP contribution in [0.3, 0.4) is 0 Å². The topological polar surface area (TPSA) is 55.5 Å². The minimum absolute atomic E-state index is 0.0681. The van der Waals surface area contributed by atoms with Gasteiger partial charge in [0.25, 0.3) is 0 Å². The molecule has 0 saturated heterocycles. The lowest BCUT2D eigenvalue weighted by atomic mass is 9.96. The second-order valence-electron chi connectivity index (χ2n) is 3.69. The van der Waals surface area contributed by atoms with E-state index in [9.17, 15) is 9.50 Å². The van der Waals surface area contributed by atoms with Gasteiger partial charge >= 0.3 is 0 Å². The Morgan fingerprint density at radius 3 is 2.62 bits per heavy atom. The standard InChI is InChI=1S/C12H18FNO2/c1-4-8-9(11(15)6-14)5-10(13)7(2)12(8)16-3/h5,11,15H,4,6,14H2,1-3H3. The van der Waals surface area contributed by atoms with E-state index in [1.54, 1.807) is 6.92 Å². The van der Waals surface area contributed by atoms with Crippen molar-refractivity contribution >= 4 is 0 Å². The molecule has 0 saturated carbocycles. The molecular formula is C12H18FNO2. The molecule has 90 valence electrons. The van der Waals surface area contributed by atoms with Gasteiger partial charge in [0.15, 0.2) is 0 Å². The predicted molar refractivity (Wildman–Crippen MR) is 61.1 cm³/mol. The number of benzene rings is 1. The second-order valence-corrected chi connectivity index (χ2v) is 3.69. The van der Waals surface area contributed by atoms with Crippen LogP contribution in [0.25, 0.3) is 0 Å². The number of hydrogen-bond acceptors (Lipinski definition) is 3. The molecule has 0 aliphatic carbocycles.